The number of sulfonamides is 1. The van der Waals surface area contributed by atoms with Crippen LogP contribution in [0.4, 0.5) is 0 Å². The lowest BCUT2D eigenvalue weighted by atomic mass is 9.85. The zero-order valence-electron chi connectivity index (χ0n) is 22.8. The molecule has 2 aliphatic rings. The lowest BCUT2D eigenvalue weighted by molar-refractivity contribution is -0.137. The highest BCUT2D eigenvalue weighted by molar-refractivity contribution is 7.89. The number of ether oxygens (including phenoxy) is 1. The van der Waals surface area contributed by atoms with Crippen LogP contribution < -0.4 is 4.74 Å². The van der Waals surface area contributed by atoms with E-state index in [0.717, 1.165) is 11.1 Å². The van der Waals surface area contributed by atoms with Crippen LogP contribution in [0.5, 0.6) is 5.88 Å². The minimum absolute atomic E-state index is 0.00668. The van der Waals surface area contributed by atoms with E-state index in [2.05, 4.69) is 21.3 Å². The molecule has 1 aromatic carbocycles. The van der Waals surface area contributed by atoms with E-state index in [-0.39, 0.29) is 30.3 Å². The predicted octanol–water partition coefficient (Wildman–Crippen LogP) is 3.64. The molecule has 1 atom stereocenters. The molecule has 6 rings (SSSR count). The summed E-state index contributed by atoms with van der Waals surface area (Å²) in [4.78, 5) is 16.3. The molecule has 1 aliphatic carbocycles. The van der Waals surface area contributed by atoms with E-state index in [4.69, 9.17) is 4.74 Å². The number of rotatable bonds is 6. The van der Waals surface area contributed by atoms with Gasteiger partial charge in [0.15, 0.2) is 5.65 Å². The van der Waals surface area contributed by atoms with Crippen LogP contribution in [0.3, 0.4) is 0 Å². The molecule has 4 heterocycles. The van der Waals surface area contributed by atoms with Crippen LogP contribution in [0.2, 0.25) is 0 Å². The Labute approximate surface area is 237 Å². The van der Waals surface area contributed by atoms with Gasteiger partial charge >= 0.3 is 5.97 Å². The summed E-state index contributed by atoms with van der Waals surface area (Å²) in [5.41, 5.74) is 3.70. The van der Waals surface area contributed by atoms with E-state index in [9.17, 15) is 23.6 Å². The number of nitrogens with zero attached hydrogens (tertiary/aromatic N) is 6. The molecular weight excluding hydrogens is 544 g/mol. The molecule has 1 fully saturated rings. The van der Waals surface area contributed by atoms with Gasteiger partial charge in [-0.25, -0.2) is 13.4 Å². The summed E-state index contributed by atoms with van der Waals surface area (Å²) in [6.45, 7) is 5.54. The molecule has 4 aromatic rings. The monoisotopic (exact) mass is 572 g/mol. The second kappa shape index (κ2) is 9.64. The quantitative estimate of drug-likeness (QED) is 0.365. The number of fused-ring (bicyclic) bond motifs is 2. The van der Waals surface area contributed by atoms with E-state index in [0.29, 0.717) is 46.6 Å². The normalized spacial score (nSPS) is 17.8. The van der Waals surface area contributed by atoms with Crippen LogP contribution in [-0.4, -0.2) is 55.5 Å². The molecule has 0 saturated heterocycles. The average Bonchev–Trinajstić information content (AvgIpc) is 3.60. The summed E-state index contributed by atoms with van der Waals surface area (Å²) in [6, 6.07) is 10.7. The van der Waals surface area contributed by atoms with Crippen molar-refractivity contribution in [3.05, 3.63) is 81.9 Å². The number of aliphatic carboxylic acids is 1. The largest absolute Gasteiger partial charge is 0.481 e. The zero-order valence-corrected chi connectivity index (χ0v) is 23.6. The molecule has 41 heavy (non-hydrogen) atoms. The Hall–Kier alpha value is -4.34. The van der Waals surface area contributed by atoms with Crippen LogP contribution in [-0.2, 0) is 21.4 Å². The highest BCUT2D eigenvalue weighted by atomic mass is 32.2. The van der Waals surface area contributed by atoms with Crippen molar-refractivity contribution in [3.8, 4) is 11.9 Å². The van der Waals surface area contributed by atoms with Crippen LogP contribution in [0.15, 0.2) is 47.6 Å². The highest BCUT2D eigenvalue weighted by Crippen LogP contribution is 2.46. The third kappa shape index (κ3) is 4.71. The first-order chi connectivity index (χ1) is 19.5. The standard InChI is InChI=1S/C29H28N6O5S/c1-17-10-25-28(31-14-17)40-29(7-8-29)16-34(41(25,38)39)15-22-11-20(4-5-21(22)13-30)24(12-26(36)37)23-6-9-35-19(3)32-33-27(35)18(23)2/h4-6,9-11,14,24H,7-8,12,15-16H2,1-3H3,(H,36,37)/t24-/m0/s1. The fourth-order valence-corrected chi connectivity index (χ4v) is 7.19. The van der Waals surface area contributed by atoms with Crippen molar-refractivity contribution in [1.29, 1.82) is 5.26 Å². The zero-order chi connectivity index (χ0) is 29.1. The van der Waals surface area contributed by atoms with Crippen LogP contribution >= 0.6 is 0 Å². The molecule has 0 radical (unpaired) electrons. The third-order valence-corrected chi connectivity index (χ3v) is 9.74. The van der Waals surface area contributed by atoms with E-state index in [1.807, 2.05) is 30.5 Å². The number of aromatic nitrogens is 4. The average molecular weight is 573 g/mol. The lowest BCUT2D eigenvalue weighted by Gasteiger charge is -2.24. The molecule has 12 heteroatoms. The minimum Gasteiger partial charge on any atom is -0.481 e. The summed E-state index contributed by atoms with van der Waals surface area (Å²) in [6.07, 6.45) is 4.60. The van der Waals surface area contributed by atoms with Gasteiger partial charge in [-0.3, -0.25) is 9.20 Å². The Morgan fingerprint density at radius 1 is 1.20 bits per heavy atom. The maximum atomic E-state index is 13.9. The number of aryl methyl sites for hydroxylation is 3. The van der Waals surface area contributed by atoms with Crippen LogP contribution in [0.1, 0.15) is 64.4 Å². The van der Waals surface area contributed by atoms with Gasteiger partial charge in [-0.15, -0.1) is 10.2 Å². The number of hydrogen-bond acceptors (Lipinski definition) is 8. The van der Waals surface area contributed by atoms with Gasteiger partial charge in [-0.05, 0) is 79.6 Å². The maximum absolute atomic E-state index is 13.9. The molecule has 0 amide bonds. The molecule has 1 spiro atoms. The van der Waals surface area contributed by atoms with Crippen LogP contribution in [0.25, 0.3) is 5.65 Å². The summed E-state index contributed by atoms with van der Waals surface area (Å²) < 4.78 is 37.1. The molecule has 1 aliphatic heterocycles. The maximum Gasteiger partial charge on any atom is 0.304 e. The van der Waals surface area contributed by atoms with Gasteiger partial charge in [0.25, 0.3) is 0 Å². The van der Waals surface area contributed by atoms with Crippen molar-refractivity contribution in [2.24, 2.45) is 0 Å². The Morgan fingerprint density at radius 3 is 2.68 bits per heavy atom. The van der Waals surface area contributed by atoms with Gasteiger partial charge in [0, 0.05) is 24.9 Å². The van der Waals surface area contributed by atoms with Gasteiger partial charge in [-0.1, -0.05) is 12.1 Å². The minimum atomic E-state index is -4.00. The number of nitriles is 1. The van der Waals surface area contributed by atoms with Crippen molar-refractivity contribution in [2.45, 2.75) is 63.0 Å². The summed E-state index contributed by atoms with van der Waals surface area (Å²) in [7, 11) is -4.00. The Morgan fingerprint density at radius 2 is 1.98 bits per heavy atom. The predicted molar refractivity (Wildman–Crippen MR) is 147 cm³/mol. The number of benzene rings is 1. The van der Waals surface area contributed by atoms with Gasteiger partial charge in [0.1, 0.15) is 16.3 Å². The molecule has 0 unspecified atom stereocenters. The highest BCUT2D eigenvalue weighted by Gasteiger charge is 2.52. The fraction of sp³-hybridized carbons (Fsp3) is 0.345. The summed E-state index contributed by atoms with van der Waals surface area (Å²) in [5.74, 6) is -0.734. The SMILES string of the molecule is Cc1cnc2c(c1)S(=O)(=O)N(Cc1cc([C@H](CC(=O)O)c3ccn4c(C)nnc4c3C)ccc1C#N)CC1(CC1)O2. The number of carbonyl (C=O) groups is 1. The molecule has 0 bridgehead atoms. The number of carboxylic acids is 1. The summed E-state index contributed by atoms with van der Waals surface area (Å²) >= 11 is 0. The molecule has 3 aromatic heterocycles. The first-order valence-electron chi connectivity index (χ1n) is 13.2. The second-order valence-electron chi connectivity index (χ2n) is 10.9. The Bertz CT molecular complexity index is 1870. The number of carboxylic acid groups (broad SMARTS) is 1. The Balaban J connectivity index is 1.43. The van der Waals surface area contributed by atoms with E-state index in [1.54, 1.807) is 37.4 Å². The van der Waals surface area contributed by atoms with Gasteiger partial charge in [0.2, 0.25) is 15.9 Å². The number of hydrogen-bond donors (Lipinski definition) is 1. The molecular formula is C29H28N6O5S. The van der Waals surface area contributed by atoms with E-state index < -0.39 is 27.5 Å². The van der Waals surface area contributed by atoms with Gasteiger partial charge in [0.05, 0.1) is 24.6 Å². The summed E-state index contributed by atoms with van der Waals surface area (Å²) in [5, 5.41) is 28.2. The van der Waals surface area contributed by atoms with Crippen molar-refractivity contribution >= 4 is 21.6 Å². The second-order valence-corrected chi connectivity index (χ2v) is 12.8. The molecule has 1 N–H and O–H groups in total. The molecule has 210 valence electrons. The first kappa shape index (κ1) is 26.9. The number of pyridine rings is 2. The van der Waals surface area contributed by atoms with E-state index >= 15 is 0 Å². The molecule has 11 nitrogen and oxygen atoms in total. The van der Waals surface area contributed by atoms with Crippen molar-refractivity contribution in [1.82, 2.24) is 23.9 Å². The van der Waals surface area contributed by atoms with Crippen molar-refractivity contribution in [3.63, 3.8) is 0 Å². The lowest BCUT2D eigenvalue weighted by Crippen LogP contribution is -2.38. The van der Waals surface area contributed by atoms with Crippen LogP contribution in [0, 0.1) is 32.1 Å². The topological polar surface area (TPSA) is 151 Å². The van der Waals surface area contributed by atoms with Crippen molar-refractivity contribution < 1.29 is 23.1 Å². The van der Waals surface area contributed by atoms with E-state index in [1.165, 1.54) is 4.31 Å². The Kier molecular flexibility index (Phi) is 6.32. The van der Waals surface area contributed by atoms with Gasteiger partial charge < -0.3 is 9.84 Å². The van der Waals surface area contributed by atoms with Gasteiger partial charge in [-0.2, -0.15) is 9.57 Å². The van der Waals surface area contributed by atoms with Crippen molar-refractivity contribution in [2.75, 3.05) is 6.54 Å². The fourth-order valence-electron chi connectivity index (χ4n) is 5.55. The smallest absolute Gasteiger partial charge is 0.304 e. The first-order valence-corrected chi connectivity index (χ1v) is 14.7. The molecule has 1 saturated carbocycles. The third-order valence-electron chi connectivity index (χ3n) is 7.95.